The van der Waals surface area contributed by atoms with Gasteiger partial charge in [-0.3, -0.25) is 0 Å². The Balaban J connectivity index is 2.08. The van der Waals surface area contributed by atoms with E-state index in [9.17, 15) is 8.42 Å². The zero-order valence-corrected chi connectivity index (χ0v) is 11.3. The van der Waals surface area contributed by atoms with Crippen molar-refractivity contribution >= 4 is 10.0 Å². The van der Waals surface area contributed by atoms with Crippen LogP contribution < -0.4 is 4.72 Å². The van der Waals surface area contributed by atoms with E-state index in [-0.39, 0.29) is 17.4 Å². The SMILES string of the molecule is N#CCc1ccc(S(=O)(=O)NC2CCOCC2)cc1. The molecule has 102 valence electrons. The molecule has 1 aliphatic rings. The van der Waals surface area contributed by atoms with E-state index in [4.69, 9.17) is 10.00 Å². The Labute approximate surface area is 113 Å². The number of nitrogens with zero attached hydrogens (tertiary/aromatic N) is 1. The number of rotatable bonds is 4. The molecule has 0 spiro atoms. The maximum absolute atomic E-state index is 12.2. The highest BCUT2D eigenvalue weighted by molar-refractivity contribution is 7.89. The molecule has 0 bridgehead atoms. The molecule has 1 aromatic carbocycles. The molecule has 1 aliphatic heterocycles. The molecule has 19 heavy (non-hydrogen) atoms. The first-order valence-corrected chi connectivity index (χ1v) is 7.66. The van der Waals surface area contributed by atoms with Crippen molar-refractivity contribution < 1.29 is 13.2 Å². The van der Waals surface area contributed by atoms with E-state index in [1.54, 1.807) is 12.1 Å². The smallest absolute Gasteiger partial charge is 0.240 e. The van der Waals surface area contributed by atoms with Crippen molar-refractivity contribution in [1.82, 2.24) is 4.72 Å². The molecule has 1 aromatic rings. The highest BCUT2D eigenvalue weighted by atomic mass is 32.2. The van der Waals surface area contributed by atoms with E-state index >= 15 is 0 Å². The van der Waals surface area contributed by atoms with E-state index < -0.39 is 10.0 Å². The van der Waals surface area contributed by atoms with Gasteiger partial charge in [0.25, 0.3) is 0 Å². The Morgan fingerprint density at radius 2 is 1.89 bits per heavy atom. The third-order valence-electron chi connectivity index (χ3n) is 3.06. The Kier molecular flexibility index (Phi) is 4.53. The second-order valence-corrected chi connectivity index (χ2v) is 6.20. The number of hydrogen-bond donors (Lipinski definition) is 1. The lowest BCUT2D eigenvalue weighted by Crippen LogP contribution is -2.38. The molecular formula is C13H16N2O3S. The van der Waals surface area contributed by atoms with Crippen LogP contribution in [0.4, 0.5) is 0 Å². The van der Waals surface area contributed by atoms with Crippen molar-refractivity contribution in [2.24, 2.45) is 0 Å². The molecule has 0 radical (unpaired) electrons. The molecule has 1 N–H and O–H groups in total. The summed E-state index contributed by atoms with van der Waals surface area (Å²) < 4.78 is 32.2. The van der Waals surface area contributed by atoms with Crippen LogP contribution in [0.2, 0.25) is 0 Å². The van der Waals surface area contributed by atoms with Gasteiger partial charge in [-0.25, -0.2) is 13.1 Å². The first kappa shape index (κ1) is 14.0. The summed E-state index contributed by atoms with van der Waals surface area (Å²) in [5.41, 5.74) is 0.813. The van der Waals surface area contributed by atoms with Gasteiger partial charge in [-0.05, 0) is 30.5 Å². The highest BCUT2D eigenvalue weighted by Gasteiger charge is 2.21. The molecule has 1 heterocycles. The van der Waals surface area contributed by atoms with E-state index in [1.165, 1.54) is 12.1 Å². The van der Waals surface area contributed by atoms with Crippen LogP contribution in [0, 0.1) is 11.3 Å². The zero-order chi connectivity index (χ0) is 13.7. The summed E-state index contributed by atoms with van der Waals surface area (Å²) in [4.78, 5) is 0.237. The highest BCUT2D eigenvalue weighted by Crippen LogP contribution is 2.14. The maximum Gasteiger partial charge on any atom is 0.240 e. The average molecular weight is 280 g/mol. The molecule has 6 heteroatoms. The lowest BCUT2D eigenvalue weighted by Gasteiger charge is -2.22. The van der Waals surface area contributed by atoms with Gasteiger partial charge >= 0.3 is 0 Å². The monoisotopic (exact) mass is 280 g/mol. The molecule has 0 atom stereocenters. The molecule has 0 amide bonds. The molecule has 2 rings (SSSR count). The molecule has 1 saturated heterocycles. The van der Waals surface area contributed by atoms with E-state index in [0.717, 1.165) is 5.56 Å². The second kappa shape index (κ2) is 6.15. The van der Waals surface area contributed by atoms with Gasteiger partial charge in [-0.1, -0.05) is 12.1 Å². The van der Waals surface area contributed by atoms with Crippen molar-refractivity contribution in [2.45, 2.75) is 30.2 Å². The van der Waals surface area contributed by atoms with Gasteiger partial charge in [-0.15, -0.1) is 0 Å². The molecule has 0 saturated carbocycles. The fraction of sp³-hybridized carbons (Fsp3) is 0.462. The predicted molar refractivity (Wildman–Crippen MR) is 69.9 cm³/mol. The first-order valence-electron chi connectivity index (χ1n) is 6.18. The lowest BCUT2D eigenvalue weighted by atomic mass is 10.1. The topological polar surface area (TPSA) is 79.2 Å². The summed E-state index contributed by atoms with van der Waals surface area (Å²) in [5.74, 6) is 0. The van der Waals surface area contributed by atoms with Crippen molar-refractivity contribution in [1.29, 1.82) is 5.26 Å². The maximum atomic E-state index is 12.2. The third kappa shape index (κ3) is 3.77. The minimum Gasteiger partial charge on any atom is -0.381 e. The molecule has 0 aliphatic carbocycles. The molecule has 0 aromatic heterocycles. The van der Waals surface area contributed by atoms with Gasteiger partial charge in [0.05, 0.1) is 17.4 Å². The normalized spacial score (nSPS) is 17.0. The number of nitriles is 1. The number of ether oxygens (including phenoxy) is 1. The van der Waals surface area contributed by atoms with Crippen LogP contribution in [0.5, 0.6) is 0 Å². The van der Waals surface area contributed by atoms with Gasteiger partial charge in [0.1, 0.15) is 0 Å². The Bertz CT molecular complexity index is 555. The number of benzene rings is 1. The van der Waals surface area contributed by atoms with E-state index in [1.807, 2.05) is 6.07 Å². The summed E-state index contributed by atoms with van der Waals surface area (Å²) in [7, 11) is -3.48. The Morgan fingerprint density at radius 1 is 1.26 bits per heavy atom. The van der Waals surface area contributed by atoms with Gasteiger partial charge in [0, 0.05) is 19.3 Å². The van der Waals surface area contributed by atoms with Crippen LogP contribution in [0.1, 0.15) is 18.4 Å². The van der Waals surface area contributed by atoms with Crippen molar-refractivity contribution in [3.8, 4) is 6.07 Å². The molecule has 1 fully saturated rings. The van der Waals surface area contributed by atoms with Crippen molar-refractivity contribution in [2.75, 3.05) is 13.2 Å². The van der Waals surface area contributed by atoms with Crippen molar-refractivity contribution in [3.05, 3.63) is 29.8 Å². The first-order chi connectivity index (χ1) is 9.12. The second-order valence-electron chi connectivity index (χ2n) is 4.49. The van der Waals surface area contributed by atoms with Gasteiger partial charge in [0.2, 0.25) is 10.0 Å². The summed E-state index contributed by atoms with van der Waals surface area (Å²) in [5, 5.41) is 8.57. The van der Waals surface area contributed by atoms with Gasteiger partial charge in [0.15, 0.2) is 0 Å². The fourth-order valence-electron chi connectivity index (χ4n) is 1.98. The predicted octanol–water partition coefficient (Wildman–Crippen LogP) is 1.21. The minimum atomic E-state index is -3.48. The number of sulfonamides is 1. The zero-order valence-electron chi connectivity index (χ0n) is 10.5. The van der Waals surface area contributed by atoms with E-state index in [2.05, 4.69) is 4.72 Å². The van der Waals surface area contributed by atoms with Gasteiger partial charge in [-0.2, -0.15) is 5.26 Å². The Hall–Kier alpha value is -1.42. The summed E-state index contributed by atoms with van der Waals surface area (Å²) in [6.45, 7) is 1.18. The van der Waals surface area contributed by atoms with Crippen LogP contribution in [0.25, 0.3) is 0 Å². The summed E-state index contributed by atoms with van der Waals surface area (Å²) >= 11 is 0. The van der Waals surface area contributed by atoms with Crippen LogP contribution in [-0.4, -0.2) is 27.7 Å². The van der Waals surface area contributed by atoms with Crippen LogP contribution in [-0.2, 0) is 21.2 Å². The van der Waals surface area contributed by atoms with E-state index in [0.29, 0.717) is 26.1 Å². The largest absolute Gasteiger partial charge is 0.381 e. The minimum absolute atomic E-state index is 0.0578. The lowest BCUT2D eigenvalue weighted by molar-refractivity contribution is 0.0832. The molecule has 5 nitrogen and oxygen atoms in total. The summed E-state index contributed by atoms with van der Waals surface area (Å²) in [6, 6.07) is 8.38. The standard InChI is InChI=1S/C13H16N2O3S/c14-8-5-11-1-3-13(4-2-11)19(16,17)15-12-6-9-18-10-7-12/h1-4,12,15H,5-7,9-10H2. The van der Waals surface area contributed by atoms with Crippen LogP contribution in [0.15, 0.2) is 29.2 Å². The third-order valence-corrected chi connectivity index (χ3v) is 4.60. The molecular weight excluding hydrogens is 264 g/mol. The van der Waals surface area contributed by atoms with Crippen molar-refractivity contribution in [3.63, 3.8) is 0 Å². The van der Waals surface area contributed by atoms with Crippen LogP contribution >= 0.6 is 0 Å². The fourth-order valence-corrected chi connectivity index (χ4v) is 3.29. The number of hydrogen-bond acceptors (Lipinski definition) is 4. The number of nitrogens with one attached hydrogen (secondary N) is 1. The Morgan fingerprint density at radius 3 is 2.47 bits per heavy atom. The average Bonchev–Trinajstić information content (AvgIpc) is 2.40. The van der Waals surface area contributed by atoms with Crippen LogP contribution in [0.3, 0.4) is 0 Å². The van der Waals surface area contributed by atoms with Gasteiger partial charge < -0.3 is 4.74 Å². The molecule has 0 unspecified atom stereocenters. The quantitative estimate of drug-likeness (QED) is 0.899. The summed E-state index contributed by atoms with van der Waals surface area (Å²) in [6.07, 6.45) is 1.69.